The van der Waals surface area contributed by atoms with Gasteiger partial charge in [-0.25, -0.2) is 0 Å². The van der Waals surface area contributed by atoms with Gasteiger partial charge in [0.15, 0.2) is 0 Å². The maximum atomic E-state index is 6.04. The van der Waals surface area contributed by atoms with Crippen molar-refractivity contribution in [2.45, 2.75) is 18.8 Å². The molecule has 2 rings (SSSR count). The van der Waals surface area contributed by atoms with E-state index < -0.39 is 0 Å². The summed E-state index contributed by atoms with van der Waals surface area (Å²) in [6.07, 6.45) is 2.09. The van der Waals surface area contributed by atoms with Crippen molar-refractivity contribution < 1.29 is 9.47 Å². The van der Waals surface area contributed by atoms with Crippen molar-refractivity contribution in [3.8, 4) is 5.75 Å². The number of rotatable bonds is 3. The predicted molar refractivity (Wildman–Crippen MR) is 69.7 cm³/mol. The molecule has 17 heavy (non-hydrogen) atoms. The van der Waals surface area contributed by atoms with Crippen molar-refractivity contribution in [2.75, 3.05) is 38.4 Å². The summed E-state index contributed by atoms with van der Waals surface area (Å²) < 4.78 is 10.7. The molecular weight excluding hydrogens is 216 g/mol. The first-order valence-electron chi connectivity index (χ1n) is 5.99. The van der Waals surface area contributed by atoms with E-state index in [1.807, 2.05) is 13.1 Å². The molecule has 0 unspecified atom stereocenters. The lowest BCUT2D eigenvalue weighted by Crippen LogP contribution is -2.16. The highest BCUT2D eigenvalue weighted by molar-refractivity contribution is 5.73. The van der Waals surface area contributed by atoms with Gasteiger partial charge in [-0.1, -0.05) is 0 Å². The van der Waals surface area contributed by atoms with E-state index in [4.69, 9.17) is 15.2 Å². The summed E-state index contributed by atoms with van der Waals surface area (Å²) in [7, 11) is 3.57. The molecule has 94 valence electrons. The highest BCUT2D eigenvalue weighted by atomic mass is 16.5. The van der Waals surface area contributed by atoms with Crippen molar-refractivity contribution in [2.24, 2.45) is 0 Å². The van der Waals surface area contributed by atoms with Crippen LogP contribution < -0.4 is 15.8 Å². The van der Waals surface area contributed by atoms with Crippen LogP contribution in [0.3, 0.4) is 0 Å². The Kier molecular flexibility index (Phi) is 3.74. The van der Waals surface area contributed by atoms with Crippen LogP contribution in [0.5, 0.6) is 5.75 Å². The molecule has 3 N–H and O–H groups in total. The molecule has 1 aliphatic heterocycles. The number of nitrogens with two attached hydrogens (primary N) is 1. The maximum absolute atomic E-state index is 6.04. The van der Waals surface area contributed by atoms with Gasteiger partial charge in [-0.3, -0.25) is 0 Å². The molecular formula is C13H20N2O2. The number of hydrogen-bond donors (Lipinski definition) is 2. The summed E-state index contributed by atoms with van der Waals surface area (Å²) in [5.41, 5.74) is 9.05. The third kappa shape index (κ3) is 2.47. The second-order valence-corrected chi connectivity index (χ2v) is 4.32. The Hall–Kier alpha value is -1.42. The minimum absolute atomic E-state index is 0.503. The standard InChI is InChI=1S/C13H20N2O2/c1-15-13-11(9-3-5-17-6-4-9)7-10(16-2)8-12(13)14/h7-9,15H,3-6,14H2,1-2H3. The van der Waals surface area contributed by atoms with Gasteiger partial charge in [-0.05, 0) is 30.4 Å². The Morgan fingerprint density at radius 3 is 2.65 bits per heavy atom. The molecule has 0 amide bonds. The van der Waals surface area contributed by atoms with Crippen molar-refractivity contribution >= 4 is 11.4 Å². The summed E-state index contributed by atoms with van der Waals surface area (Å²) >= 11 is 0. The monoisotopic (exact) mass is 236 g/mol. The molecule has 0 bridgehead atoms. The number of nitrogens with one attached hydrogen (secondary N) is 1. The Morgan fingerprint density at radius 1 is 1.35 bits per heavy atom. The molecule has 1 aromatic carbocycles. The van der Waals surface area contributed by atoms with Gasteiger partial charge in [0.25, 0.3) is 0 Å². The van der Waals surface area contributed by atoms with E-state index in [0.29, 0.717) is 5.92 Å². The van der Waals surface area contributed by atoms with Crippen molar-refractivity contribution in [1.29, 1.82) is 0 Å². The fraction of sp³-hybridized carbons (Fsp3) is 0.538. The fourth-order valence-corrected chi connectivity index (χ4v) is 2.40. The Labute approximate surface area is 102 Å². The number of ether oxygens (including phenoxy) is 2. The Bertz CT molecular complexity index is 387. The first-order valence-corrected chi connectivity index (χ1v) is 5.99. The van der Waals surface area contributed by atoms with E-state index in [2.05, 4.69) is 11.4 Å². The second kappa shape index (κ2) is 5.27. The largest absolute Gasteiger partial charge is 0.497 e. The van der Waals surface area contributed by atoms with Crippen molar-refractivity contribution in [3.05, 3.63) is 17.7 Å². The van der Waals surface area contributed by atoms with Gasteiger partial charge >= 0.3 is 0 Å². The Balaban J connectivity index is 2.38. The lowest BCUT2D eigenvalue weighted by molar-refractivity contribution is 0.0854. The number of anilines is 2. The predicted octanol–water partition coefficient (Wildman–Crippen LogP) is 2.21. The Morgan fingerprint density at radius 2 is 2.06 bits per heavy atom. The van der Waals surface area contributed by atoms with Crippen molar-refractivity contribution in [3.63, 3.8) is 0 Å². The quantitative estimate of drug-likeness (QED) is 0.790. The van der Waals surface area contributed by atoms with Crippen LogP contribution in [0.1, 0.15) is 24.3 Å². The molecule has 0 atom stereocenters. The number of benzene rings is 1. The highest BCUT2D eigenvalue weighted by Gasteiger charge is 2.20. The van der Waals surface area contributed by atoms with Crippen LogP contribution >= 0.6 is 0 Å². The third-order valence-corrected chi connectivity index (χ3v) is 3.32. The molecule has 1 fully saturated rings. The van der Waals surface area contributed by atoms with Crippen LogP contribution in [0, 0.1) is 0 Å². The van der Waals surface area contributed by atoms with E-state index in [1.54, 1.807) is 7.11 Å². The van der Waals surface area contributed by atoms with Gasteiger partial charge in [0, 0.05) is 26.3 Å². The maximum Gasteiger partial charge on any atom is 0.121 e. The molecule has 1 aromatic rings. The molecule has 1 aliphatic rings. The van der Waals surface area contributed by atoms with Gasteiger partial charge < -0.3 is 20.5 Å². The molecule has 0 aromatic heterocycles. The minimum Gasteiger partial charge on any atom is -0.497 e. The lowest BCUT2D eigenvalue weighted by atomic mass is 9.89. The summed E-state index contributed by atoms with van der Waals surface area (Å²) in [4.78, 5) is 0. The van der Waals surface area contributed by atoms with E-state index in [9.17, 15) is 0 Å². The van der Waals surface area contributed by atoms with Crippen LogP contribution in [0.2, 0.25) is 0 Å². The van der Waals surface area contributed by atoms with Gasteiger partial charge in [0.2, 0.25) is 0 Å². The zero-order chi connectivity index (χ0) is 12.3. The van der Waals surface area contributed by atoms with Gasteiger partial charge in [-0.15, -0.1) is 0 Å². The molecule has 0 spiro atoms. The minimum atomic E-state index is 0.503. The number of hydrogen-bond acceptors (Lipinski definition) is 4. The van der Waals surface area contributed by atoms with E-state index >= 15 is 0 Å². The third-order valence-electron chi connectivity index (χ3n) is 3.32. The van der Waals surface area contributed by atoms with E-state index in [1.165, 1.54) is 5.56 Å². The van der Waals surface area contributed by atoms with Crippen LogP contribution in [0.15, 0.2) is 12.1 Å². The van der Waals surface area contributed by atoms with Crippen LogP contribution in [-0.4, -0.2) is 27.4 Å². The van der Waals surface area contributed by atoms with E-state index in [-0.39, 0.29) is 0 Å². The summed E-state index contributed by atoms with van der Waals surface area (Å²) in [6, 6.07) is 3.94. The van der Waals surface area contributed by atoms with Gasteiger partial charge in [0.05, 0.1) is 18.5 Å². The summed E-state index contributed by atoms with van der Waals surface area (Å²) in [5.74, 6) is 1.33. The molecule has 0 saturated carbocycles. The smallest absolute Gasteiger partial charge is 0.121 e. The molecule has 4 nitrogen and oxygen atoms in total. The molecule has 0 radical (unpaired) electrons. The first-order chi connectivity index (χ1) is 8.26. The summed E-state index contributed by atoms with van der Waals surface area (Å²) in [5, 5.41) is 3.19. The molecule has 4 heteroatoms. The van der Waals surface area contributed by atoms with Crippen molar-refractivity contribution in [1.82, 2.24) is 0 Å². The van der Waals surface area contributed by atoms with Crippen LogP contribution in [0.25, 0.3) is 0 Å². The normalized spacial score (nSPS) is 16.8. The van der Waals surface area contributed by atoms with Crippen LogP contribution in [0.4, 0.5) is 11.4 Å². The van der Waals surface area contributed by atoms with E-state index in [0.717, 1.165) is 43.2 Å². The fourth-order valence-electron chi connectivity index (χ4n) is 2.40. The first kappa shape index (κ1) is 12.0. The molecule has 1 saturated heterocycles. The average Bonchev–Trinajstić information content (AvgIpc) is 2.38. The average molecular weight is 236 g/mol. The summed E-state index contributed by atoms with van der Waals surface area (Å²) in [6.45, 7) is 1.65. The topological polar surface area (TPSA) is 56.5 Å². The molecule has 0 aliphatic carbocycles. The van der Waals surface area contributed by atoms with Crippen LogP contribution in [-0.2, 0) is 4.74 Å². The number of nitrogen functional groups attached to an aromatic ring is 1. The number of methoxy groups -OCH3 is 1. The van der Waals surface area contributed by atoms with Gasteiger partial charge in [0.1, 0.15) is 5.75 Å². The zero-order valence-electron chi connectivity index (χ0n) is 10.5. The second-order valence-electron chi connectivity index (χ2n) is 4.32. The molecule has 1 heterocycles. The SMILES string of the molecule is CNc1c(N)cc(OC)cc1C1CCOCC1. The zero-order valence-corrected chi connectivity index (χ0v) is 10.5. The van der Waals surface area contributed by atoms with Gasteiger partial charge in [-0.2, -0.15) is 0 Å². The lowest BCUT2D eigenvalue weighted by Gasteiger charge is -2.25. The highest BCUT2D eigenvalue weighted by Crippen LogP contribution is 2.38.